The molecule has 0 bridgehead atoms. The van der Waals surface area contributed by atoms with Gasteiger partial charge in [-0.15, -0.1) is 0 Å². The molecule has 2 N–H and O–H groups in total. The Morgan fingerprint density at radius 2 is 2.07 bits per heavy atom. The van der Waals surface area contributed by atoms with Crippen molar-refractivity contribution in [2.75, 3.05) is 14.2 Å². The second-order valence-corrected chi connectivity index (χ2v) is 3.04. The Balaban J connectivity index is 3.13. The Bertz CT molecular complexity index is 317. The minimum atomic E-state index is 0.250. The van der Waals surface area contributed by atoms with E-state index in [2.05, 4.69) is 0 Å². The molecule has 0 radical (unpaired) electrons. The molecule has 0 aliphatic carbocycles. The van der Waals surface area contributed by atoms with Crippen LogP contribution in [0.3, 0.4) is 0 Å². The Hall–Kier alpha value is -0.970. The smallest absolute Gasteiger partial charge is 0.142 e. The van der Waals surface area contributed by atoms with E-state index in [9.17, 15) is 0 Å². The van der Waals surface area contributed by atoms with Crippen LogP contribution in [0.15, 0.2) is 12.1 Å². The summed E-state index contributed by atoms with van der Waals surface area (Å²) in [5, 5.41) is 9.06. The van der Waals surface area contributed by atoms with Crippen molar-refractivity contribution >= 4 is 11.6 Å². The van der Waals surface area contributed by atoms with Gasteiger partial charge in [-0.2, -0.15) is 0 Å². The van der Waals surface area contributed by atoms with Crippen LogP contribution < -0.4 is 15.0 Å². The second-order valence-electron chi connectivity index (χ2n) is 2.64. The molecule has 0 aromatic heterocycles. The molecule has 0 fully saturated rings. The summed E-state index contributed by atoms with van der Waals surface area (Å²) in [6.45, 7) is 0.250. The molecular weight excluding hydrogens is 206 g/mol. The van der Waals surface area contributed by atoms with Crippen molar-refractivity contribution in [2.24, 2.45) is 0 Å². The van der Waals surface area contributed by atoms with Gasteiger partial charge >= 0.3 is 0 Å². The standard InChI is InChI=1S/C9H12ClNO3/c1-13-7-3-6(5-11-12)9(14-2)8(10)4-7/h3-4,11-12H,5H2,1-2H3. The fourth-order valence-corrected chi connectivity index (χ4v) is 1.49. The van der Waals surface area contributed by atoms with E-state index in [4.69, 9.17) is 26.3 Å². The molecule has 0 heterocycles. The quantitative estimate of drug-likeness (QED) is 0.756. The average Bonchev–Trinajstić information content (AvgIpc) is 2.18. The molecule has 0 saturated heterocycles. The highest BCUT2D eigenvalue weighted by Gasteiger charge is 2.09. The Labute approximate surface area is 87.4 Å². The maximum Gasteiger partial charge on any atom is 0.142 e. The molecule has 0 spiro atoms. The molecule has 0 aliphatic heterocycles. The molecule has 0 amide bonds. The van der Waals surface area contributed by atoms with Gasteiger partial charge in [0.15, 0.2) is 0 Å². The zero-order valence-corrected chi connectivity index (χ0v) is 8.76. The van der Waals surface area contributed by atoms with Gasteiger partial charge < -0.3 is 14.7 Å². The zero-order chi connectivity index (χ0) is 10.6. The SMILES string of the molecule is COc1cc(Cl)c(OC)c(CNO)c1. The Morgan fingerprint density at radius 3 is 2.57 bits per heavy atom. The van der Waals surface area contributed by atoms with Gasteiger partial charge in [0.25, 0.3) is 0 Å². The van der Waals surface area contributed by atoms with Gasteiger partial charge in [-0.25, -0.2) is 5.48 Å². The predicted molar refractivity (Wildman–Crippen MR) is 53.2 cm³/mol. The minimum absolute atomic E-state index is 0.250. The lowest BCUT2D eigenvalue weighted by atomic mass is 10.2. The van der Waals surface area contributed by atoms with E-state index in [-0.39, 0.29) is 6.54 Å². The van der Waals surface area contributed by atoms with E-state index in [1.807, 2.05) is 5.48 Å². The van der Waals surface area contributed by atoms with Crippen LogP contribution in [0.4, 0.5) is 0 Å². The lowest BCUT2D eigenvalue weighted by Gasteiger charge is -2.11. The lowest BCUT2D eigenvalue weighted by molar-refractivity contribution is 0.160. The van der Waals surface area contributed by atoms with Gasteiger partial charge in [-0.1, -0.05) is 11.6 Å². The number of ether oxygens (including phenoxy) is 2. The first-order chi connectivity index (χ1) is 6.72. The van der Waals surface area contributed by atoms with Gasteiger partial charge in [-0.05, 0) is 6.07 Å². The third-order valence-electron chi connectivity index (χ3n) is 1.80. The molecular formula is C9H12ClNO3. The van der Waals surface area contributed by atoms with Gasteiger partial charge in [0.1, 0.15) is 11.5 Å². The Kier molecular flexibility index (Phi) is 4.00. The molecule has 78 valence electrons. The first kappa shape index (κ1) is 11.1. The van der Waals surface area contributed by atoms with Crippen LogP contribution in [-0.4, -0.2) is 19.4 Å². The van der Waals surface area contributed by atoms with Crippen molar-refractivity contribution in [2.45, 2.75) is 6.54 Å². The predicted octanol–water partition coefficient (Wildman–Crippen LogP) is 1.84. The Morgan fingerprint density at radius 1 is 1.36 bits per heavy atom. The maximum absolute atomic E-state index is 8.60. The summed E-state index contributed by atoms with van der Waals surface area (Å²) in [7, 11) is 3.07. The first-order valence-electron chi connectivity index (χ1n) is 4.00. The van der Waals surface area contributed by atoms with E-state index in [0.29, 0.717) is 16.5 Å². The molecule has 0 unspecified atom stereocenters. The molecule has 4 nitrogen and oxygen atoms in total. The van der Waals surface area contributed by atoms with Gasteiger partial charge in [0.05, 0.1) is 19.2 Å². The molecule has 1 aromatic rings. The normalized spacial score (nSPS) is 10.0. The van der Waals surface area contributed by atoms with E-state index in [0.717, 1.165) is 5.56 Å². The molecule has 0 saturated carbocycles. The van der Waals surface area contributed by atoms with Crippen molar-refractivity contribution in [3.63, 3.8) is 0 Å². The van der Waals surface area contributed by atoms with Crippen LogP contribution in [0.5, 0.6) is 11.5 Å². The maximum atomic E-state index is 8.60. The number of rotatable bonds is 4. The zero-order valence-electron chi connectivity index (χ0n) is 8.00. The number of hydrogen-bond donors (Lipinski definition) is 2. The van der Waals surface area contributed by atoms with Crippen LogP contribution in [0.1, 0.15) is 5.56 Å². The highest BCUT2D eigenvalue weighted by molar-refractivity contribution is 6.32. The minimum Gasteiger partial charge on any atom is -0.497 e. The van der Waals surface area contributed by atoms with Crippen LogP contribution >= 0.6 is 11.6 Å². The van der Waals surface area contributed by atoms with Gasteiger partial charge in [0, 0.05) is 18.2 Å². The van der Waals surface area contributed by atoms with Crippen molar-refractivity contribution in [3.05, 3.63) is 22.7 Å². The van der Waals surface area contributed by atoms with Gasteiger partial charge in [-0.3, -0.25) is 0 Å². The number of benzene rings is 1. The van der Waals surface area contributed by atoms with Crippen LogP contribution in [0, 0.1) is 0 Å². The summed E-state index contributed by atoms with van der Waals surface area (Å²) in [6.07, 6.45) is 0. The largest absolute Gasteiger partial charge is 0.497 e. The fourth-order valence-electron chi connectivity index (χ4n) is 1.19. The van der Waals surface area contributed by atoms with Crippen molar-refractivity contribution in [3.8, 4) is 11.5 Å². The molecule has 1 aromatic carbocycles. The molecule has 5 heteroatoms. The number of hydrogen-bond acceptors (Lipinski definition) is 4. The number of nitrogens with one attached hydrogen (secondary N) is 1. The topological polar surface area (TPSA) is 50.7 Å². The van der Waals surface area contributed by atoms with Crippen molar-refractivity contribution in [1.29, 1.82) is 0 Å². The van der Waals surface area contributed by atoms with Crippen molar-refractivity contribution in [1.82, 2.24) is 5.48 Å². The van der Waals surface area contributed by atoms with Gasteiger partial charge in [0.2, 0.25) is 0 Å². The molecule has 1 rings (SSSR count). The molecule has 14 heavy (non-hydrogen) atoms. The van der Waals surface area contributed by atoms with E-state index in [1.165, 1.54) is 7.11 Å². The van der Waals surface area contributed by atoms with E-state index >= 15 is 0 Å². The highest BCUT2D eigenvalue weighted by Crippen LogP contribution is 2.32. The highest BCUT2D eigenvalue weighted by atomic mass is 35.5. The van der Waals surface area contributed by atoms with Crippen LogP contribution in [0.2, 0.25) is 5.02 Å². The number of halogens is 1. The second kappa shape index (κ2) is 5.05. The summed E-state index contributed by atoms with van der Waals surface area (Å²) < 4.78 is 10.1. The summed E-state index contributed by atoms with van der Waals surface area (Å²) in [5.74, 6) is 1.16. The van der Waals surface area contributed by atoms with Crippen LogP contribution in [-0.2, 0) is 6.54 Å². The average molecular weight is 218 g/mol. The number of hydroxylamine groups is 1. The number of methoxy groups -OCH3 is 2. The van der Waals surface area contributed by atoms with E-state index in [1.54, 1.807) is 19.2 Å². The third kappa shape index (κ3) is 2.29. The first-order valence-corrected chi connectivity index (χ1v) is 4.38. The lowest BCUT2D eigenvalue weighted by Crippen LogP contribution is -2.08. The summed E-state index contributed by atoms with van der Waals surface area (Å²) in [4.78, 5) is 0. The molecule has 0 atom stereocenters. The summed E-state index contributed by atoms with van der Waals surface area (Å²) in [6, 6.07) is 3.40. The van der Waals surface area contributed by atoms with Crippen LogP contribution in [0.25, 0.3) is 0 Å². The third-order valence-corrected chi connectivity index (χ3v) is 2.08. The van der Waals surface area contributed by atoms with Crippen molar-refractivity contribution < 1.29 is 14.7 Å². The van der Waals surface area contributed by atoms with E-state index < -0.39 is 0 Å². The molecule has 0 aliphatic rings. The fraction of sp³-hybridized carbons (Fsp3) is 0.333. The monoisotopic (exact) mass is 217 g/mol. The summed E-state index contributed by atoms with van der Waals surface area (Å²) in [5.41, 5.74) is 2.78. The summed E-state index contributed by atoms with van der Waals surface area (Å²) >= 11 is 5.93.